The van der Waals surface area contributed by atoms with Gasteiger partial charge in [-0.3, -0.25) is 14.3 Å². The lowest BCUT2D eigenvalue weighted by Gasteiger charge is -2.21. The Morgan fingerprint density at radius 2 is 1.63 bits per heavy atom. The molecule has 8 nitrogen and oxygen atoms in total. The Balaban J connectivity index is 1.96. The molecule has 38 heavy (non-hydrogen) atoms. The highest BCUT2D eigenvalue weighted by molar-refractivity contribution is 5.97. The molecule has 3 rings (SSSR count). The third kappa shape index (κ3) is 6.94. The number of benzene rings is 2. The maximum Gasteiger partial charge on any atom is 0.272 e. The lowest BCUT2D eigenvalue weighted by molar-refractivity contribution is -0.123. The van der Waals surface area contributed by atoms with Crippen LogP contribution in [0.25, 0.3) is 11.3 Å². The van der Waals surface area contributed by atoms with Gasteiger partial charge in [0.1, 0.15) is 17.5 Å². The van der Waals surface area contributed by atoms with E-state index in [2.05, 4.69) is 31.4 Å². The van der Waals surface area contributed by atoms with Gasteiger partial charge in [-0.1, -0.05) is 57.2 Å². The van der Waals surface area contributed by atoms with Crippen LogP contribution in [0.4, 0.5) is 0 Å². The normalized spacial score (nSPS) is 12.6. The number of nitrogens with one attached hydrogen (secondary N) is 2. The zero-order chi connectivity index (χ0) is 27.7. The first kappa shape index (κ1) is 28.8. The Bertz CT molecular complexity index is 1180. The van der Waals surface area contributed by atoms with Gasteiger partial charge < -0.3 is 20.1 Å². The van der Waals surface area contributed by atoms with Crippen molar-refractivity contribution in [3.8, 4) is 22.8 Å². The van der Waals surface area contributed by atoms with Crippen molar-refractivity contribution in [2.75, 3.05) is 20.8 Å². The maximum atomic E-state index is 13.5. The molecule has 204 valence electrons. The summed E-state index contributed by atoms with van der Waals surface area (Å²) in [5, 5.41) is 10.6. The zero-order valence-electron chi connectivity index (χ0n) is 23.3. The summed E-state index contributed by atoms with van der Waals surface area (Å²) in [7, 11) is 3.20. The highest BCUT2D eigenvalue weighted by Crippen LogP contribution is 2.40. The molecular formula is C30H40N4O4. The number of hydrogen-bond acceptors (Lipinski definition) is 5. The van der Waals surface area contributed by atoms with E-state index in [1.165, 1.54) is 0 Å². The van der Waals surface area contributed by atoms with Crippen LogP contribution in [0.3, 0.4) is 0 Å². The average molecular weight is 521 g/mol. The number of nitrogens with zero attached hydrogens (tertiary/aromatic N) is 2. The van der Waals surface area contributed by atoms with E-state index < -0.39 is 11.9 Å². The first-order valence-corrected chi connectivity index (χ1v) is 13.2. The fourth-order valence-corrected chi connectivity index (χ4v) is 4.22. The lowest BCUT2D eigenvalue weighted by Crippen LogP contribution is -2.47. The van der Waals surface area contributed by atoms with Gasteiger partial charge >= 0.3 is 0 Å². The highest BCUT2D eigenvalue weighted by Gasteiger charge is 2.27. The van der Waals surface area contributed by atoms with Crippen molar-refractivity contribution in [1.29, 1.82) is 0 Å². The van der Waals surface area contributed by atoms with Gasteiger partial charge in [-0.05, 0) is 55.9 Å². The Morgan fingerprint density at radius 3 is 2.21 bits per heavy atom. The summed E-state index contributed by atoms with van der Waals surface area (Å²) >= 11 is 0. The van der Waals surface area contributed by atoms with E-state index in [0.717, 1.165) is 17.5 Å². The number of carbonyl (C=O) groups is 2. The number of hydrogen-bond donors (Lipinski definition) is 2. The molecule has 0 fully saturated rings. The zero-order valence-corrected chi connectivity index (χ0v) is 23.3. The minimum absolute atomic E-state index is 0.0112. The van der Waals surface area contributed by atoms with E-state index in [1.54, 1.807) is 20.3 Å². The van der Waals surface area contributed by atoms with E-state index in [-0.39, 0.29) is 23.6 Å². The van der Waals surface area contributed by atoms with Gasteiger partial charge in [-0.15, -0.1) is 0 Å². The summed E-state index contributed by atoms with van der Waals surface area (Å²) in [4.78, 5) is 26.5. The van der Waals surface area contributed by atoms with Crippen LogP contribution in [-0.2, 0) is 11.2 Å². The van der Waals surface area contributed by atoms with E-state index in [1.807, 2.05) is 60.1 Å². The van der Waals surface area contributed by atoms with Crippen LogP contribution >= 0.6 is 0 Å². The minimum atomic E-state index is -0.689. The smallest absolute Gasteiger partial charge is 0.272 e. The van der Waals surface area contributed by atoms with E-state index >= 15 is 0 Å². The minimum Gasteiger partial charge on any atom is -0.496 e. The van der Waals surface area contributed by atoms with E-state index in [4.69, 9.17) is 14.6 Å². The Kier molecular flexibility index (Phi) is 10.3. The molecule has 2 atom stereocenters. The number of aromatic nitrogens is 2. The largest absolute Gasteiger partial charge is 0.496 e. The number of carbonyl (C=O) groups excluding carboxylic acids is 2. The van der Waals surface area contributed by atoms with Crippen molar-refractivity contribution in [2.45, 2.75) is 59.0 Å². The molecule has 3 aromatic rings. The van der Waals surface area contributed by atoms with Crippen molar-refractivity contribution in [3.05, 3.63) is 65.9 Å². The summed E-state index contributed by atoms with van der Waals surface area (Å²) in [5.41, 5.74) is 2.77. The Morgan fingerprint density at radius 1 is 0.974 bits per heavy atom. The van der Waals surface area contributed by atoms with Crippen LogP contribution in [-0.4, -0.2) is 48.4 Å². The number of rotatable bonds is 13. The topological polar surface area (TPSA) is 94.5 Å². The third-order valence-electron chi connectivity index (χ3n) is 6.74. The molecule has 2 amide bonds. The maximum absolute atomic E-state index is 13.5. The summed E-state index contributed by atoms with van der Waals surface area (Å²) in [6, 6.07) is 16.5. The predicted molar refractivity (Wildman–Crippen MR) is 150 cm³/mol. The second-order valence-corrected chi connectivity index (χ2v) is 9.72. The lowest BCUT2D eigenvalue weighted by atomic mass is 10.0. The first-order chi connectivity index (χ1) is 18.3. The molecule has 0 saturated heterocycles. The molecule has 0 radical (unpaired) electrons. The molecule has 0 spiro atoms. The first-order valence-electron chi connectivity index (χ1n) is 13.2. The summed E-state index contributed by atoms with van der Waals surface area (Å²) in [5.74, 6) is 0.891. The second kappa shape index (κ2) is 13.7. The molecule has 0 bridgehead atoms. The molecule has 1 aromatic heterocycles. The number of methoxy groups -OCH3 is 2. The number of aryl methyl sites for hydroxylation is 1. The standard InChI is InChI=1S/C30H40N4O4/c1-7-18-31-29(35)23(17-16-22-12-9-8-10-13-22)32-30(36)24-19-25(34(33-24)21(4)20(2)3)28-26(37-5)14-11-15-27(28)38-6/h8-15,19-21,23H,7,16-18H2,1-6H3,(H,31,35)(H,32,36)/t21?,23-/m0/s1. The molecular weight excluding hydrogens is 480 g/mol. The summed E-state index contributed by atoms with van der Waals surface area (Å²) in [6.07, 6.45) is 1.95. The van der Waals surface area contributed by atoms with Crippen LogP contribution in [0.5, 0.6) is 11.5 Å². The van der Waals surface area contributed by atoms with Gasteiger partial charge in [-0.2, -0.15) is 5.10 Å². The molecule has 0 aliphatic heterocycles. The van der Waals surface area contributed by atoms with Crippen LogP contribution in [0.2, 0.25) is 0 Å². The molecule has 0 saturated carbocycles. The van der Waals surface area contributed by atoms with Crippen LogP contribution in [0, 0.1) is 5.92 Å². The quantitative estimate of drug-likeness (QED) is 0.329. The molecule has 0 aliphatic carbocycles. The Hall–Kier alpha value is -3.81. The number of ether oxygens (including phenoxy) is 2. The average Bonchev–Trinajstić information content (AvgIpc) is 3.38. The van der Waals surface area contributed by atoms with Crippen molar-refractivity contribution in [3.63, 3.8) is 0 Å². The monoisotopic (exact) mass is 520 g/mol. The molecule has 0 aliphatic rings. The molecule has 1 heterocycles. The van der Waals surface area contributed by atoms with Gasteiger partial charge in [0.2, 0.25) is 5.91 Å². The van der Waals surface area contributed by atoms with Crippen molar-refractivity contribution >= 4 is 11.8 Å². The van der Waals surface area contributed by atoms with Crippen LogP contribution in [0.15, 0.2) is 54.6 Å². The number of amides is 2. The Labute approximate surface area is 225 Å². The molecule has 1 unspecified atom stereocenters. The predicted octanol–water partition coefficient (Wildman–Crippen LogP) is 5.04. The van der Waals surface area contributed by atoms with Gasteiger partial charge in [0, 0.05) is 6.54 Å². The summed E-state index contributed by atoms with van der Waals surface area (Å²) in [6.45, 7) is 8.81. The van der Waals surface area contributed by atoms with E-state index in [9.17, 15) is 9.59 Å². The van der Waals surface area contributed by atoms with Crippen molar-refractivity contribution in [2.24, 2.45) is 5.92 Å². The fourth-order valence-electron chi connectivity index (χ4n) is 4.22. The molecule has 2 N–H and O–H groups in total. The van der Waals surface area contributed by atoms with E-state index in [0.29, 0.717) is 36.6 Å². The molecule has 2 aromatic carbocycles. The van der Waals surface area contributed by atoms with Crippen LogP contribution in [0.1, 0.15) is 62.6 Å². The van der Waals surface area contributed by atoms with Gasteiger partial charge in [0.25, 0.3) is 5.91 Å². The highest BCUT2D eigenvalue weighted by atomic mass is 16.5. The third-order valence-corrected chi connectivity index (χ3v) is 6.74. The SMILES string of the molecule is CCCNC(=O)[C@H](CCc1ccccc1)NC(=O)c1cc(-c2c(OC)cccc2OC)n(C(C)C(C)C)n1. The summed E-state index contributed by atoms with van der Waals surface area (Å²) < 4.78 is 13.1. The molecule has 8 heteroatoms. The fraction of sp³-hybridized carbons (Fsp3) is 0.433. The van der Waals surface area contributed by atoms with Crippen molar-refractivity contribution < 1.29 is 19.1 Å². The van der Waals surface area contributed by atoms with Gasteiger partial charge in [0.15, 0.2) is 5.69 Å². The van der Waals surface area contributed by atoms with Gasteiger partial charge in [-0.25, -0.2) is 0 Å². The van der Waals surface area contributed by atoms with Crippen LogP contribution < -0.4 is 20.1 Å². The second-order valence-electron chi connectivity index (χ2n) is 9.72. The van der Waals surface area contributed by atoms with Gasteiger partial charge in [0.05, 0.1) is 31.5 Å². The van der Waals surface area contributed by atoms with Crippen molar-refractivity contribution in [1.82, 2.24) is 20.4 Å².